The number of nitrogens with zero attached hydrogens (tertiary/aromatic N) is 4. The summed E-state index contributed by atoms with van der Waals surface area (Å²) in [6, 6.07) is 8.06. The van der Waals surface area contributed by atoms with Gasteiger partial charge >= 0.3 is 6.18 Å². The third-order valence-electron chi connectivity index (χ3n) is 6.65. The minimum atomic E-state index is -4.39. The first-order valence-electron chi connectivity index (χ1n) is 11.7. The highest BCUT2D eigenvalue weighted by atomic mass is 32.2. The number of hydrogen-bond acceptors (Lipinski definition) is 7. The molecule has 0 aliphatic carbocycles. The Kier molecular flexibility index (Phi) is 6.96. The molecule has 2 aromatic heterocycles. The number of pyridine rings is 1. The molecule has 2 fully saturated rings. The van der Waals surface area contributed by atoms with Crippen LogP contribution in [0.4, 0.5) is 24.7 Å². The van der Waals surface area contributed by atoms with Crippen molar-refractivity contribution in [1.82, 2.24) is 19.7 Å². The molecule has 5 rings (SSSR count). The first kappa shape index (κ1) is 24.7. The van der Waals surface area contributed by atoms with Gasteiger partial charge in [-0.15, -0.1) is 0 Å². The smallest absolute Gasteiger partial charge is 0.379 e. The summed E-state index contributed by atoms with van der Waals surface area (Å²) in [7, 11) is 0. The molecule has 12 heteroatoms. The van der Waals surface area contributed by atoms with Crippen LogP contribution in [-0.4, -0.2) is 63.6 Å². The van der Waals surface area contributed by atoms with Gasteiger partial charge in [0.2, 0.25) is 0 Å². The van der Waals surface area contributed by atoms with Gasteiger partial charge in [0.15, 0.2) is 5.82 Å². The summed E-state index contributed by atoms with van der Waals surface area (Å²) >= 11 is 1.66. The number of rotatable bonds is 5. The van der Waals surface area contributed by atoms with Gasteiger partial charge < -0.3 is 15.0 Å². The van der Waals surface area contributed by atoms with E-state index in [0.717, 1.165) is 0 Å². The first-order chi connectivity index (χ1) is 17.4. The van der Waals surface area contributed by atoms with Gasteiger partial charge in [-0.3, -0.25) is 14.4 Å². The molecular weight excluding hydrogens is 493 g/mol. The van der Waals surface area contributed by atoms with Gasteiger partial charge in [-0.1, -0.05) is 12.1 Å². The minimum absolute atomic E-state index is 0.171. The molecule has 3 aromatic rings. The van der Waals surface area contributed by atoms with Crippen LogP contribution in [0.5, 0.6) is 0 Å². The molecule has 0 bridgehead atoms. The number of ether oxygens (including phenoxy) is 1. The number of nitriles is 1. The highest BCUT2D eigenvalue weighted by molar-refractivity contribution is 7.99. The SMILES string of the molecule is N#C[C@H]1CCOC[C@@H]1n1nc(Nc2ccc(C(N3CCSCC3)C(F)(F)F)cc2)c2c(=O)[nH]ccc21. The molecule has 1 aromatic carbocycles. The number of halogens is 3. The van der Waals surface area contributed by atoms with Gasteiger partial charge in [0.05, 0.1) is 30.2 Å². The zero-order chi connectivity index (χ0) is 25.3. The van der Waals surface area contributed by atoms with E-state index in [-0.39, 0.29) is 28.9 Å². The zero-order valence-electron chi connectivity index (χ0n) is 19.3. The number of benzene rings is 1. The molecule has 4 heterocycles. The van der Waals surface area contributed by atoms with Crippen LogP contribution in [0.3, 0.4) is 0 Å². The Balaban J connectivity index is 1.46. The van der Waals surface area contributed by atoms with Crippen LogP contribution in [0.15, 0.2) is 41.3 Å². The normalized spacial score (nSPS) is 22.3. The lowest BCUT2D eigenvalue weighted by molar-refractivity contribution is -0.185. The van der Waals surface area contributed by atoms with Crippen LogP contribution in [0.1, 0.15) is 24.1 Å². The molecule has 3 atom stereocenters. The molecule has 0 amide bonds. The van der Waals surface area contributed by atoms with Gasteiger partial charge in [0.25, 0.3) is 5.56 Å². The molecule has 36 heavy (non-hydrogen) atoms. The summed E-state index contributed by atoms with van der Waals surface area (Å²) in [5.41, 5.74) is 0.863. The highest BCUT2D eigenvalue weighted by Gasteiger charge is 2.44. The number of H-pyrrole nitrogens is 1. The van der Waals surface area contributed by atoms with Crippen molar-refractivity contribution in [3.63, 3.8) is 0 Å². The molecule has 0 spiro atoms. The van der Waals surface area contributed by atoms with Crippen LogP contribution < -0.4 is 10.9 Å². The summed E-state index contributed by atoms with van der Waals surface area (Å²) in [4.78, 5) is 16.8. The lowest BCUT2D eigenvalue weighted by Crippen LogP contribution is -2.42. The van der Waals surface area contributed by atoms with Crippen molar-refractivity contribution >= 4 is 34.2 Å². The summed E-state index contributed by atoms with van der Waals surface area (Å²) in [6.07, 6.45) is -2.31. The minimum Gasteiger partial charge on any atom is -0.379 e. The Morgan fingerprint density at radius 3 is 2.67 bits per heavy atom. The van der Waals surface area contributed by atoms with Gasteiger partial charge in [-0.05, 0) is 30.2 Å². The molecular formula is C24H25F3N6O2S. The van der Waals surface area contributed by atoms with Crippen molar-refractivity contribution in [2.24, 2.45) is 5.92 Å². The van der Waals surface area contributed by atoms with E-state index in [9.17, 15) is 23.2 Å². The molecule has 2 aliphatic rings. The maximum atomic E-state index is 13.9. The third kappa shape index (κ3) is 4.83. The number of anilines is 2. The van der Waals surface area contributed by atoms with E-state index in [1.54, 1.807) is 34.6 Å². The fourth-order valence-electron chi connectivity index (χ4n) is 4.88. The van der Waals surface area contributed by atoms with Gasteiger partial charge in [-0.2, -0.15) is 35.3 Å². The summed E-state index contributed by atoms with van der Waals surface area (Å²) in [6.45, 7) is 1.55. The quantitative estimate of drug-likeness (QED) is 0.522. The Hall–Kier alpha value is -3.01. The lowest BCUT2D eigenvalue weighted by Gasteiger charge is -2.35. The standard InChI is InChI=1S/C24H25F3N6O2S/c25-24(26,27)21(32-8-11-36-12-9-32)15-1-3-17(4-2-15)30-22-20-18(5-7-29-23(20)34)33(31-22)19-14-35-10-6-16(19)13-28/h1-5,7,16,19,21H,6,8-12,14H2,(H,29,34)(H,30,31)/t16-,19+,21?/m1/s1. The van der Waals surface area contributed by atoms with E-state index in [2.05, 4.69) is 21.5 Å². The molecule has 2 aliphatic heterocycles. The molecule has 0 radical (unpaired) electrons. The average Bonchev–Trinajstić information content (AvgIpc) is 3.24. The summed E-state index contributed by atoms with van der Waals surface area (Å²) in [5, 5.41) is 17.6. The van der Waals surface area contributed by atoms with Crippen molar-refractivity contribution in [1.29, 1.82) is 5.26 Å². The van der Waals surface area contributed by atoms with Gasteiger partial charge in [0, 0.05) is 43.1 Å². The molecule has 0 saturated carbocycles. The van der Waals surface area contributed by atoms with Crippen LogP contribution in [-0.2, 0) is 4.74 Å². The number of hydrogen-bond donors (Lipinski definition) is 2. The van der Waals surface area contributed by atoms with Crippen LogP contribution in [0.25, 0.3) is 10.9 Å². The van der Waals surface area contributed by atoms with Crippen molar-refractivity contribution in [2.75, 3.05) is 43.1 Å². The molecule has 1 unspecified atom stereocenters. The third-order valence-corrected chi connectivity index (χ3v) is 7.59. The predicted molar refractivity (Wildman–Crippen MR) is 131 cm³/mol. The molecule has 190 valence electrons. The Morgan fingerprint density at radius 1 is 1.22 bits per heavy atom. The highest BCUT2D eigenvalue weighted by Crippen LogP contribution is 2.39. The van der Waals surface area contributed by atoms with E-state index in [0.29, 0.717) is 60.8 Å². The number of nitrogens with one attached hydrogen (secondary N) is 2. The largest absolute Gasteiger partial charge is 0.408 e. The topological polar surface area (TPSA) is 99.0 Å². The van der Waals surface area contributed by atoms with Crippen molar-refractivity contribution < 1.29 is 17.9 Å². The fraction of sp³-hybridized carbons (Fsp3) is 0.458. The molecule has 2 saturated heterocycles. The Morgan fingerprint density at radius 2 is 1.97 bits per heavy atom. The lowest BCUT2D eigenvalue weighted by atomic mass is 9.96. The summed E-state index contributed by atoms with van der Waals surface area (Å²) < 4.78 is 49.1. The number of alkyl halides is 3. The van der Waals surface area contributed by atoms with Crippen molar-refractivity contribution in [2.45, 2.75) is 24.7 Å². The second-order valence-corrected chi connectivity index (χ2v) is 10.1. The van der Waals surface area contributed by atoms with E-state index >= 15 is 0 Å². The van der Waals surface area contributed by atoms with Crippen molar-refractivity contribution in [3.05, 3.63) is 52.4 Å². The van der Waals surface area contributed by atoms with E-state index in [1.165, 1.54) is 23.2 Å². The second kappa shape index (κ2) is 10.2. The maximum absolute atomic E-state index is 13.9. The number of fused-ring (bicyclic) bond motifs is 1. The van der Waals surface area contributed by atoms with Gasteiger partial charge in [-0.25, -0.2) is 0 Å². The monoisotopic (exact) mass is 518 g/mol. The number of aromatic amines is 1. The molecule has 8 nitrogen and oxygen atoms in total. The van der Waals surface area contributed by atoms with Crippen molar-refractivity contribution in [3.8, 4) is 6.07 Å². The Bertz CT molecular complexity index is 1310. The van der Waals surface area contributed by atoms with E-state index in [4.69, 9.17) is 4.74 Å². The molecule has 2 N–H and O–H groups in total. The first-order valence-corrected chi connectivity index (χ1v) is 12.8. The zero-order valence-corrected chi connectivity index (χ0v) is 20.1. The summed E-state index contributed by atoms with van der Waals surface area (Å²) in [5.74, 6) is 1.30. The number of aromatic nitrogens is 3. The fourth-order valence-corrected chi connectivity index (χ4v) is 5.81. The Labute approximate surface area is 209 Å². The number of thioether (sulfide) groups is 1. The average molecular weight is 519 g/mol. The van der Waals surface area contributed by atoms with E-state index < -0.39 is 12.2 Å². The van der Waals surface area contributed by atoms with Crippen LogP contribution in [0, 0.1) is 17.2 Å². The van der Waals surface area contributed by atoms with Crippen LogP contribution in [0.2, 0.25) is 0 Å². The van der Waals surface area contributed by atoms with Crippen LogP contribution >= 0.6 is 11.8 Å². The predicted octanol–water partition coefficient (Wildman–Crippen LogP) is 4.22. The van der Waals surface area contributed by atoms with E-state index in [1.807, 2.05) is 0 Å². The maximum Gasteiger partial charge on any atom is 0.408 e. The van der Waals surface area contributed by atoms with Gasteiger partial charge in [0.1, 0.15) is 11.4 Å². The second-order valence-electron chi connectivity index (χ2n) is 8.87.